The first kappa shape index (κ1) is 19.5. The number of imide groups is 1. The van der Waals surface area contributed by atoms with Gasteiger partial charge in [0, 0.05) is 10.2 Å². The van der Waals surface area contributed by atoms with Gasteiger partial charge < -0.3 is 14.8 Å². The van der Waals surface area contributed by atoms with Crippen molar-refractivity contribution in [3.05, 3.63) is 57.2 Å². The number of fused-ring (bicyclic) bond motifs is 1. The number of hydrogen-bond donors (Lipinski definition) is 1. The molecule has 148 valence electrons. The smallest absolute Gasteiger partial charge is 0.294 e. The normalized spacial score (nSPS) is 16.6. The number of ether oxygens (including phenoxy) is 2. The summed E-state index contributed by atoms with van der Waals surface area (Å²) in [7, 11) is 0. The van der Waals surface area contributed by atoms with Gasteiger partial charge in [-0.1, -0.05) is 22.0 Å². The third kappa shape index (κ3) is 4.13. The summed E-state index contributed by atoms with van der Waals surface area (Å²) in [4.78, 5) is 38.0. The van der Waals surface area contributed by atoms with Crippen LogP contribution in [0.2, 0.25) is 0 Å². The number of hydrogen-bond acceptors (Lipinski definition) is 6. The van der Waals surface area contributed by atoms with Crippen molar-refractivity contribution in [1.82, 2.24) is 4.90 Å². The van der Waals surface area contributed by atoms with Gasteiger partial charge in [0.1, 0.15) is 12.4 Å². The van der Waals surface area contributed by atoms with Crippen molar-refractivity contribution >= 4 is 56.5 Å². The number of halogens is 2. The number of amides is 3. The van der Waals surface area contributed by atoms with E-state index in [4.69, 9.17) is 9.47 Å². The molecule has 0 atom stereocenters. The molecule has 2 aromatic carbocycles. The second kappa shape index (κ2) is 7.88. The SMILES string of the molecule is O=C(CN1C(=O)S/C(=C\c2cc3c(cc2Br)OCO3)C1=O)Nc1cccc(F)c1. The Hall–Kier alpha value is -2.85. The predicted octanol–water partition coefficient (Wildman–Crippen LogP) is 3.99. The van der Waals surface area contributed by atoms with E-state index in [0.29, 0.717) is 21.5 Å². The van der Waals surface area contributed by atoms with Crippen LogP contribution in [0.15, 0.2) is 45.8 Å². The van der Waals surface area contributed by atoms with E-state index in [1.165, 1.54) is 18.2 Å². The van der Waals surface area contributed by atoms with E-state index >= 15 is 0 Å². The van der Waals surface area contributed by atoms with Crippen molar-refractivity contribution in [3.8, 4) is 11.5 Å². The van der Waals surface area contributed by atoms with Crippen LogP contribution in [0.5, 0.6) is 11.5 Å². The van der Waals surface area contributed by atoms with Crippen molar-refractivity contribution in [2.45, 2.75) is 0 Å². The molecule has 0 unspecified atom stereocenters. The Morgan fingerprint density at radius 1 is 1.24 bits per heavy atom. The Balaban J connectivity index is 1.49. The fraction of sp³-hybridized carbons (Fsp3) is 0.105. The Bertz CT molecular complexity index is 1070. The summed E-state index contributed by atoms with van der Waals surface area (Å²) >= 11 is 4.13. The second-order valence-corrected chi connectivity index (χ2v) is 7.90. The predicted molar refractivity (Wildman–Crippen MR) is 108 cm³/mol. The second-order valence-electron chi connectivity index (χ2n) is 6.05. The van der Waals surface area contributed by atoms with Crippen molar-refractivity contribution in [3.63, 3.8) is 0 Å². The molecule has 29 heavy (non-hydrogen) atoms. The summed E-state index contributed by atoms with van der Waals surface area (Å²) in [6.07, 6.45) is 1.54. The number of thioether (sulfide) groups is 1. The van der Waals surface area contributed by atoms with Gasteiger partial charge in [0.15, 0.2) is 11.5 Å². The molecule has 0 aromatic heterocycles. The van der Waals surface area contributed by atoms with E-state index in [1.807, 2.05) is 0 Å². The maximum atomic E-state index is 13.2. The van der Waals surface area contributed by atoms with Gasteiger partial charge in [-0.25, -0.2) is 4.39 Å². The lowest BCUT2D eigenvalue weighted by Gasteiger charge is -2.12. The number of anilines is 1. The van der Waals surface area contributed by atoms with Crippen LogP contribution >= 0.6 is 27.7 Å². The van der Waals surface area contributed by atoms with Crippen molar-refractivity contribution in [1.29, 1.82) is 0 Å². The topological polar surface area (TPSA) is 84.9 Å². The molecule has 1 saturated heterocycles. The highest BCUT2D eigenvalue weighted by Crippen LogP contribution is 2.39. The molecule has 2 aromatic rings. The van der Waals surface area contributed by atoms with Gasteiger partial charge in [-0.2, -0.15) is 0 Å². The lowest BCUT2D eigenvalue weighted by Crippen LogP contribution is -2.36. The zero-order valence-electron chi connectivity index (χ0n) is 14.6. The first-order valence-corrected chi connectivity index (χ1v) is 9.91. The molecule has 2 aliphatic heterocycles. The molecular formula is C19H12BrFN2O5S. The fourth-order valence-electron chi connectivity index (χ4n) is 2.73. The van der Waals surface area contributed by atoms with Gasteiger partial charge in [0.25, 0.3) is 11.1 Å². The van der Waals surface area contributed by atoms with Crippen molar-refractivity contribution in [2.24, 2.45) is 0 Å². The molecule has 10 heteroatoms. The zero-order chi connectivity index (χ0) is 20.5. The number of nitrogens with one attached hydrogen (secondary N) is 1. The molecule has 2 heterocycles. The summed E-state index contributed by atoms with van der Waals surface area (Å²) < 4.78 is 24.5. The standard InChI is InChI=1S/C19H12BrFN2O5S/c20-13-7-15-14(27-9-28-15)4-10(13)5-16-18(25)23(19(26)29-16)8-17(24)22-12-3-1-2-11(21)6-12/h1-7H,8-9H2,(H,22,24)/b16-5-. The Morgan fingerprint density at radius 2 is 2.00 bits per heavy atom. The highest BCUT2D eigenvalue weighted by molar-refractivity contribution is 9.10. The number of benzene rings is 2. The first-order valence-electron chi connectivity index (χ1n) is 8.30. The van der Waals surface area contributed by atoms with E-state index in [1.54, 1.807) is 18.2 Å². The monoisotopic (exact) mass is 478 g/mol. The summed E-state index contributed by atoms with van der Waals surface area (Å²) in [6.45, 7) is -0.358. The van der Waals surface area contributed by atoms with Crippen LogP contribution in [0, 0.1) is 5.82 Å². The van der Waals surface area contributed by atoms with E-state index < -0.39 is 29.4 Å². The molecule has 0 radical (unpaired) electrons. The fourth-order valence-corrected chi connectivity index (χ4v) is 4.00. The number of carbonyl (C=O) groups is 3. The molecule has 4 rings (SSSR count). The Labute approximate surface area is 177 Å². The molecule has 0 aliphatic carbocycles. The Kier molecular flexibility index (Phi) is 5.29. The van der Waals surface area contributed by atoms with Gasteiger partial charge in [0.2, 0.25) is 12.7 Å². The summed E-state index contributed by atoms with van der Waals surface area (Å²) in [5, 5.41) is 1.90. The summed E-state index contributed by atoms with van der Waals surface area (Å²) in [5.74, 6) is -0.585. The van der Waals surface area contributed by atoms with Gasteiger partial charge >= 0.3 is 0 Å². The third-order valence-electron chi connectivity index (χ3n) is 4.06. The van der Waals surface area contributed by atoms with E-state index in [2.05, 4.69) is 21.2 Å². The molecule has 0 saturated carbocycles. The largest absolute Gasteiger partial charge is 0.454 e. The highest BCUT2D eigenvalue weighted by Gasteiger charge is 2.36. The molecular weight excluding hydrogens is 467 g/mol. The van der Waals surface area contributed by atoms with Crippen LogP contribution in [-0.2, 0) is 9.59 Å². The molecule has 0 bridgehead atoms. The molecule has 1 N–H and O–H groups in total. The summed E-state index contributed by atoms with van der Waals surface area (Å²) in [5.41, 5.74) is 0.866. The summed E-state index contributed by atoms with van der Waals surface area (Å²) in [6, 6.07) is 8.73. The molecule has 1 fully saturated rings. The van der Waals surface area contributed by atoms with E-state index in [9.17, 15) is 18.8 Å². The molecule has 3 amide bonds. The van der Waals surface area contributed by atoms with Crippen molar-refractivity contribution < 1.29 is 28.2 Å². The minimum Gasteiger partial charge on any atom is -0.454 e. The molecule has 7 nitrogen and oxygen atoms in total. The van der Waals surface area contributed by atoms with Crippen LogP contribution in [-0.4, -0.2) is 35.3 Å². The van der Waals surface area contributed by atoms with Crippen LogP contribution in [0.25, 0.3) is 6.08 Å². The van der Waals surface area contributed by atoms with Gasteiger partial charge in [-0.3, -0.25) is 19.3 Å². The first-order chi connectivity index (χ1) is 13.9. The number of nitrogens with zero attached hydrogens (tertiary/aromatic N) is 1. The van der Waals surface area contributed by atoms with Crippen LogP contribution in [0.4, 0.5) is 14.9 Å². The van der Waals surface area contributed by atoms with Crippen LogP contribution in [0.1, 0.15) is 5.56 Å². The minimum atomic E-state index is -0.608. The molecule has 0 spiro atoms. The number of rotatable bonds is 4. The van der Waals surface area contributed by atoms with Crippen LogP contribution in [0.3, 0.4) is 0 Å². The number of carbonyl (C=O) groups excluding carboxylic acids is 3. The van der Waals surface area contributed by atoms with E-state index in [0.717, 1.165) is 22.7 Å². The maximum Gasteiger partial charge on any atom is 0.294 e. The minimum absolute atomic E-state index is 0.113. The lowest BCUT2D eigenvalue weighted by molar-refractivity contribution is -0.127. The zero-order valence-corrected chi connectivity index (χ0v) is 17.0. The maximum absolute atomic E-state index is 13.2. The third-order valence-corrected chi connectivity index (χ3v) is 5.66. The lowest BCUT2D eigenvalue weighted by atomic mass is 10.2. The van der Waals surface area contributed by atoms with Gasteiger partial charge in [-0.15, -0.1) is 0 Å². The van der Waals surface area contributed by atoms with Gasteiger partial charge in [-0.05, 0) is 53.7 Å². The average molecular weight is 479 g/mol. The van der Waals surface area contributed by atoms with Crippen molar-refractivity contribution in [2.75, 3.05) is 18.7 Å². The molecule has 2 aliphatic rings. The quantitative estimate of drug-likeness (QED) is 0.668. The van der Waals surface area contributed by atoms with Crippen LogP contribution < -0.4 is 14.8 Å². The highest BCUT2D eigenvalue weighted by atomic mass is 79.9. The van der Waals surface area contributed by atoms with E-state index in [-0.39, 0.29) is 17.4 Å². The average Bonchev–Trinajstić information content (AvgIpc) is 3.21. The van der Waals surface area contributed by atoms with Gasteiger partial charge in [0.05, 0.1) is 4.91 Å². The Morgan fingerprint density at radius 3 is 2.76 bits per heavy atom.